The largest absolute Gasteiger partial charge is 0.307 e. The van der Waals surface area contributed by atoms with Crippen LogP contribution >= 0.6 is 0 Å². The van der Waals surface area contributed by atoms with Crippen LogP contribution in [0.5, 0.6) is 0 Å². The number of nitrogens with zero attached hydrogens (tertiary/aromatic N) is 1. The number of rotatable bonds is 4. The summed E-state index contributed by atoms with van der Waals surface area (Å²) in [5.41, 5.74) is 1.85. The predicted octanol–water partition coefficient (Wildman–Crippen LogP) is 3.84. The maximum atomic E-state index is 12.6. The molecule has 0 aromatic heterocycles. The van der Waals surface area contributed by atoms with Gasteiger partial charge in [-0.1, -0.05) is 44.6 Å². The van der Waals surface area contributed by atoms with E-state index in [0.717, 1.165) is 11.9 Å². The lowest BCUT2D eigenvalue weighted by Gasteiger charge is -2.29. The van der Waals surface area contributed by atoms with Gasteiger partial charge in [0.15, 0.2) is 6.29 Å². The minimum atomic E-state index is -0.495. The average molecular weight is 273 g/mol. The van der Waals surface area contributed by atoms with Gasteiger partial charge in [0.1, 0.15) is 0 Å². The molecule has 1 aromatic rings. The topological polar surface area (TPSA) is 37.4 Å². The highest BCUT2D eigenvalue weighted by atomic mass is 16.2. The Kier molecular flexibility index (Phi) is 5.26. The van der Waals surface area contributed by atoms with Gasteiger partial charge in [0.2, 0.25) is 5.91 Å². The van der Waals surface area contributed by atoms with Crippen molar-refractivity contribution in [2.45, 2.75) is 34.6 Å². The number of hydrogen-bond donors (Lipinski definition) is 0. The number of aldehydes is 1. The highest BCUT2D eigenvalue weighted by Crippen LogP contribution is 2.25. The van der Waals surface area contributed by atoms with E-state index in [9.17, 15) is 9.59 Å². The molecule has 0 saturated heterocycles. The Hall–Kier alpha value is -1.90. The van der Waals surface area contributed by atoms with E-state index in [2.05, 4.69) is 0 Å². The first-order valence-corrected chi connectivity index (χ1v) is 6.77. The lowest BCUT2D eigenvalue weighted by atomic mass is 9.94. The molecule has 0 aliphatic carbocycles. The van der Waals surface area contributed by atoms with Crippen LogP contribution in [-0.4, -0.2) is 18.7 Å². The first-order chi connectivity index (χ1) is 9.27. The lowest BCUT2D eigenvalue weighted by molar-refractivity contribution is -0.125. The van der Waals surface area contributed by atoms with Crippen molar-refractivity contribution in [3.63, 3.8) is 0 Å². The molecule has 0 saturated carbocycles. The molecule has 0 bridgehead atoms. The Labute approximate surface area is 121 Å². The second-order valence-corrected chi connectivity index (χ2v) is 6.12. The van der Waals surface area contributed by atoms with Crippen LogP contribution < -0.4 is 4.90 Å². The zero-order chi connectivity index (χ0) is 15.3. The third-order valence-electron chi connectivity index (χ3n) is 2.92. The fourth-order valence-electron chi connectivity index (χ4n) is 1.80. The van der Waals surface area contributed by atoms with Gasteiger partial charge in [-0.15, -0.1) is 0 Å². The Bertz CT molecular complexity index is 520. The van der Waals surface area contributed by atoms with Crippen molar-refractivity contribution in [3.05, 3.63) is 41.5 Å². The van der Waals surface area contributed by atoms with Gasteiger partial charge in [-0.2, -0.15) is 0 Å². The summed E-state index contributed by atoms with van der Waals surface area (Å²) in [5, 5.41) is 0. The molecule has 0 N–H and O–H groups in total. The maximum Gasteiger partial charge on any atom is 0.232 e. The van der Waals surface area contributed by atoms with E-state index in [0.29, 0.717) is 17.8 Å². The number of anilines is 1. The summed E-state index contributed by atoms with van der Waals surface area (Å²) in [4.78, 5) is 25.5. The molecule has 0 unspecified atom stereocenters. The normalized spacial score (nSPS) is 10.8. The van der Waals surface area contributed by atoms with Crippen molar-refractivity contribution < 1.29 is 9.59 Å². The summed E-state index contributed by atoms with van der Waals surface area (Å²) in [6, 6.07) is 7.18. The third-order valence-corrected chi connectivity index (χ3v) is 2.92. The van der Waals surface area contributed by atoms with Gasteiger partial charge in [-0.25, -0.2) is 0 Å². The molecule has 0 heterocycles. The number of carbonyl (C=O) groups is 2. The van der Waals surface area contributed by atoms with Crippen LogP contribution in [0.25, 0.3) is 0 Å². The van der Waals surface area contributed by atoms with Crippen LogP contribution in [0.1, 0.15) is 45.0 Å². The van der Waals surface area contributed by atoms with Crippen molar-refractivity contribution in [3.8, 4) is 0 Å². The lowest BCUT2D eigenvalue weighted by Crippen LogP contribution is -2.40. The first-order valence-electron chi connectivity index (χ1n) is 6.77. The molecule has 1 amide bonds. The molecule has 0 aliphatic heterocycles. The minimum absolute atomic E-state index is 0.00398. The first kappa shape index (κ1) is 16.2. The second kappa shape index (κ2) is 6.51. The number of amides is 1. The quantitative estimate of drug-likeness (QED) is 0.617. The van der Waals surface area contributed by atoms with Crippen LogP contribution in [0, 0.1) is 5.41 Å². The fourth-order valence-corrected chi connectivity index (χ4v) is 1.80. The predicted molar refractivity (Wildman–Crippen MR) is 83.1 cm³/mol. The van der Waals surface area contributed by atoms with Crippen molar-refractivity contribution in [2.24, 2.45) is 5.41 Å². The van der Waals surface area contributed by atoms with E-state index < -0.39 is 5.41 Å². The monoisotopic (exact) mass is 273 g/mol. The van der Waals surface area contributed by atoms with Crippen molar-refractivity contribution in [1.82, 2.24) is 0 Å². The second-order valence-electron chi connectivity index (χ2n) is 6.12. The standard InChI is InChI=1S/C17H23NO2/c1-13(2)10-11-18(16(20)17(3,4)5)15-9-7-6-8-14(15)12-19/h6-10,12H,11H2,1-5H3. The smallest absolute Gasteiger partial charge is 0.232 e. The minimum Gasteiger partial charge on any atom is -0.307 e. The molecule has 0 radical (unpaired) electrons. The number of hydrogen-bond acceptors (Lipinski definition) is 2. The highest BCUT2D eigenvalue weighted by Gasteiger charge is 2.28. The van der Waals surface area contributed by atoms with Crippen molar-refractivity contribution >= 4 is 17.9 Å². The van der Waals surface area contributed by atoms with Gasteiger partial charge in [0, 0.05) is 17.5 Å². The number of allylic oxidation sites excluding steroid dienone is 1. The zero-order valence-corrected chi connectivity index (χ0v) is 12.9. The van der Waals surface area contributed by atoms with E-state index >= 15 is 0 Å². The van der Waals surface area contributed by atoms with Crippen LogP contribution in [0.3, 0.4) is 0 Å². The van der Waals surface area contributed by atoms with E-state index in [1.807, 2.05) is 52.8 Å². The van der Waals surface area contributed by atoms with Gasteiger partial charge < -0.3 is 4.90 Å². The zero-order valence-electron chi connectivity index (χ0n) is 12.9. The molecule has 0 aliphatic rings. The maximum absolute atomic E-state index is 12.6. The number of carbonyl (C=O) groups excluding carboxylic acids is 2. The Morgan fingerprint density at radius 3 is 2.30 bits per heavy atom. The van der Waals surface area contributed by atoms with Gasteiger partial charge >= 0.3 is 0 Å². The van der Waals surface area contributed by atoms with Crippen molar-refractivity contribution in [2.75, 3.05) is 11.4 Å². The Balaban J connectivity index is 3.26. The fraction of sp³-hybridized carbons (Fsp3) is 0.412. The Morgan fingerprint density at radius 1 is 1.20 bits per heavy atom. The van der Waals surface area contributed by atoms with E-state index in [1.165, 1.54) is 0 Å². The van der Waals surface area contributed by atoms with Crippen molar-refractivity contribution in [1.29, 1.82) is 0 Å². The molecule has 3 heteroatoms. The molecule has 1 aromatic carbocycles. The molecule has 1 rings (SSSR count). The summed E-state index contributed by atoms with van der Waals surface area (Å²) in [7, 11) is 0. The van der Waals surface area contributed by atoms with Gasteiger partial charge in [-0.3, -0.25) is 9.59 Å². The molecule has 20 heavy (non-hydrogen) atoms. The summed E-state index contributed by atoms with van der Waals surface area (Å²) in [6.45, 7) is 10.1. The molecule has 0 fully saturated rings. The van der Waals surface area contributed by atoms with Gasteiger partial charge in [-0.05, 0) is 26.0 Å². The Morgan fingerprint density at radius 2 is 1.80 bits per heavy atom. The number of para-hydroxylation sites is 1. The summed E-state index contributed by atoms with van der Waals surface area (Å²) < 4.78 is 0. The van der Waals surface area contributed by atoms with Gasteiger partial charge in [0.05, 0.1) is 5.69 Å². The van der Waals surface area contributed by atoms with Crippen LogP contribution in [-0.2, 0) is 4.79 Å². The average Bonchev–Trinajstić information content (AvgIpc) is 2.37. The third kappa shape index (κ3) is 4.05. The summed E-state index contributed by atoms with van der Waals surface area (Å²) >= 11 is 0. The molecule has 3 nitrogen and oxygen atoms in total. The number of benzene rings is 1. The molecule has 108 valence electrons. The van der Waals surface area contributed by atoms with Gasteiger partial charge in [0.25, 0.3) is 0 Å². The van der Waals surface area contributed by atoms with E-state index in [-0.39, 0.29) is 5.91 Å². The summed E-state index contributed by atoms with van der Waals surface area (Å²) in [6.07, 6.45) is 2.78. The molecule has 0 spiro atoms. The van der Waals surface area contributed by atoms with E-state index in [4.69, 9.17) is 0 Å². The molecule has 0 atom stereocenters. The van der Waals surface area contributed by atoms with Crippen LogP contribution in [0.2, 0.25) is 0 Å². The van der Waals surface area contributed by atoms with Crippen LogP contribution in [0.4, 0.5) is 5.69 Å². The van der Waals surface area contributed by atoms with E-state index in [1.54, 1.807) is 17.0 Å². The SMILES string of the molecule is CC(C)=CCN(C(=O)C(C)(C)C)c1ccccc1C=O. The summed E-state index contributed by atoms with van der Waals surface area (Å²) in [5.74, 6) is 0.00398. The molecular weight excluding hydrogens is 250 g/mol. The highest BCUT2D eigenvalue weighted by molar-refractivity contribution is 6.01. The molecular formula is C17H23NO2. The van der Waals surface area contributed by atoms with Crippen LogP contribution in [0.15, 0.2) is 35.9 Å².